The molecule has 0 aliphatic carbocycles. The van der Waals surface area contributed by atoms with E-state index in [2.05, 4.69) is 25.2 Å². The second-order valence-corrected chi connectivity index (χ2v) is 8.54. The highest BCUT2D eigenvalue weighted by Crippen LogP contribution is 2.26. The zero-order valence-corrected chi connectivity index (χ0v) is 19.1. The smallest absolute Gasteiger partial charge is 0.235 e. The minimum atomic E-state index is -0.584. The third-order valence-corrected chi connectivity index (χ3v) is 5.98. The van der Waals surface area contributed by atoms with Crippen molar-refractivity contribution in [3.8, 4) is 0 Å². The molecule has 0 saturated carbocycles. The lowest BCUT2D eigenvalue weighted by Gasteiger charge is -2.17. The van der Waals surface area contributed by atoms with Gasteiger partial charge in [0.15, 0.2) is 0 Å². The molecule has 0 aromatic heterocycles. The van der Waals surface area contributed by atoms with Crippen LogP contribution in [0.2, 0.25) is 5.02 Å². The summed E-state index contributed by atoms with van der Waals surface area (Å²) in [4.78, 5) is 27.2. The highest BCUT2D eigenvalue weighted by Gasteiger charge is 2.36. The van der Waals surface area contributed by atoms with Gasteiger partial charge >= 0.3 is 0 Å². The molecular weight excluding hydrogens is 408 g/mol. The number of aryl methyl sites for hydroxylation is 1. The molecule has 3 rings (SSSR count). The van der Waals surface area contributed by atoms with E-state index in [0.29, 0.717) is 37.5 Å². The molecule has 2 aromatic carbocycles. The number of benzene rings is 2. The number of amides is 2. The molecule has 2 amide bonds. The maximum Gasteiger partial charge on any atom is 0.235 e. The first-order valence-corrected chi connectivity index (χ1v) is 11.4. The van der Waals surface area contributed by atoms with Gasteiger partial charge in [0, 0.05) is 24.7 Å². The Balaban J connectivity index is 1.56. The molecule has 2 aromatic rings. The van der Waals surface area contributed by atoms with Crippen LogP contribution in [0, 0.1) is 12.8 Å². The summed E-state index contributed by atoms with van der Waals surface area (Å²) in [6, 6.07) is 15.8. The summed E-state index contributed by atoms with van der Waals surface area (Å²) in [7, 11) is 0. The fourth-order valence-corrected chi connectivity index (χ4v) is 4.16. The minimum Gasteiger partial charge on any atom is -0.355 e. The van der Waals surface area contributed by atoms with Gasteiger partial charge < -0.3 is 10.2 Å². The van der Waals surface area contributed by atoms with E-state index in [1.54, 1.807) is 4.90 Å². The van der Waals surface area contributed by atoms with Gasteiger partial charge in [-0.1, -0.05) is 67.4 Å². The molecule has 1 aliphatic rings. The molecule has 164 valence electrons. The Morgan fingerprint density at radius 3 is 2.74 bits per heavy atom. The maximum atomic E-state index is 12.7. The second kappa shape index (κ2) is 11.1. The molecule has 1 unspecified atom stereocenters. The SMILES string of the molecule is CCC/C=C(/CCNC(=O)C1CCN(Cc2ccccc2)C1=O)c1cc(Cl)ccc1C. The van der Waals surface area contributed by atoms with Gasteiger partial charge in [-0.15, -0.1) is 0 Å². The number of unbranched alkanes of at least 4 members (excludes halogenated alkanes) is 1. The van der Waals surface area contributed by atoms with Crippen molar-refractivity contribution in [1.82, 2.24) is 10.2 Å². The zero-order valence-electron chi connectivity index (χ0n) is 18.4. The van der Waals surface area contributed by atoms with Crippen LogP contribution in [-0.4, -0.2) is 29.8 Å². The van der Waals surface area contributed by atoms with Crippen molar-refractivity contribution in [2.45, 2.75) is 46.1 Å². The summed E-state index contributed by atoms with van der Waals surface area (Å²) in [5, 5.41) is 3.70. The summed E-state index contributed by atoms with van der Waals surface area (Å²) in [5.74, 6) is -0.827. The van der Waals surface area contributed by atoms with E-state index in [0.717, 1.165) is 24.0 Å². The number of carbonyl (C=O) groups is 2. The number of allylic oxidation sites excluding steroid dienone is 1. The number of hydrogen-bond donors (Lipinski definition) is 1. The van der Waals surface area contributed by atoms with Crippen LogP contribution in [0.5, 0.6) is 0 Å². The molecule has 1 saturated heterocycles. The Hall–Kier alpha value is -2.59. The highest BCUT2D eigenvalue weighted by atomic mass is 35.5. The number of hydrogen-bond acceptors (Lipinski definition) is 2. The molecule has 1 atom stereocenters. The Labute approximate surface area is 190 Å². The van der Waals surface area contributed by atoms with E-state index in [1.165, 1.54) is 11.1 Å². The first kappa shape index (κ1) is 23.1. The molecular formula is C26H31ClN2O2. The number of carbonyl (C=O) groups excluding carboxylic acids is 2. The molecule has 5 heteroatoms. The first-order chi connectivity index (χ1) is 15.0. The van der Waals surface area contributed by atoms with Gasteiger partial charge in [0.25, 0.3) is 0 Å². The van der Waals surface area contributed by atoms with E-state index in [1.807, 2.05) is 48.5 Å². The Bertz CT molecular complexity index is 940. The van der Waals surface area contributed by atoms with Crippen LogP contribution in [0.25, 0.3) is 5.57 Å². The van der Waals surface area contributed by atoms with Gasteiger partial charge in [-0.05, 0) is 60.6 Å². The van der Waals surface area contributed by atoms with Crippen molar-refractivity contribution >= 4 is 29.0 Å². The number of nitrogens with one attached hydrogen (secondary N) is 1. The minimum absolute atomic E-state index is 0.0752. The lowest BCUT2D eigenvalue weighted by Crippen LogP contribution is -2.37. The van der Waals surface area contributed by atoms with Crippen molar-refractivity contribution < 1.29 is 9.59 Å². The summed E-state index contributed by atoms with van der Waals surface area (Å²) < 4.78 is 0. The molecule has 4 nitrogen and oxygen atoms in total. The van der Waals surface area contributed by atoms with E-state index in [4.69, 9.17) is 11.6 Å². The van der Waals surface area contributed by atoms with Gasteiger partial charge in [-0.25, -0.2) is 0 Å². The number of halogens is 1. The lowest BCUT2D eigenvalue weighted by molar-refractivity contribution is -0.138. The van der Waals surface area contributed by atoms with Gasteiger partial charge in [-0.2, -0.15) is 0 Å². The van der Waals surface area contributed by atoms with Crippen LogP contribution in [-0.2, 0) is 16.1 Å². The van der Waals surface area contributed by atoms with Crippen LogP contribution in [0.1, 0.15) is 49.3 Å². The molecule has 1 fully saturated rings. The zero-order chi connectivity index (χ0) is 22.2. The van der Waals surface area contributed by atoms with Crippen LogP contribution in [0.4, 0.5) is 0 Å². The number of nitrogens with zero attached hydrogens (tertiary/aromatic N) is 1. The Morgan fingerprint density at radius 1 is 1.23 bits per heavy atom. The Kier molecular flexibility index (Phi) is 8.30. The molecule has 1 aliphatic heterocycles. The van der Waals surface area contributed by atoms with Gasteiger partial charge in [0.05, 0.1) is 0 Å². The van der Waals surface area contributed by atoms with Crippen LogP contribution >= 0.6 is 11.6 Å². The third-order valence-electron chi connectivity index (χ3n) is 5.75. The van der Waals surface area contributed by atoms with Crippen molar-refractivity contribution in [2.75, 3.05) is 13.1 Å². The predicted molar refractivity (Wildman–Crippen MR) is 127 cm³/mol. The van der Waals surface area contributed by atoms with E-state index < -0.39 is 5.92 Å². The van der Waals surface area contributed by atoms with Gasteiger partial charge in [-0.3, -0.25) is 9.59 Å². The summed E-state index contributed by atoms with van der Waals surface area (Å²) in [5.41, 5.74) is 4.56. The normalized spacial score (nSPS) is 16.6. The summed E-state index contributed by atoms with van der Waals surface area (Å²) in [6.45, 7) is 5.90. The van der Waals surface area contributed by atoms with Crippen LogP contribution in [0.3, 0.4) is 0 Å². The number of rotatable bonds is 9. The predicted octanol–water partition coefficient (Wildman–Crippen LogP) is 5.39. The molecule has 31 heavy (non-hydrogen) atoms. The summed E-state index contributed by atoms with van der Waals surface area (Å²) in [6.07, 6.45) is 5.55. The maximum absolute atomic E-state index is 12.7. The molecule has 0 spiro atoms. The lowest BCUT2D eigenvalue weighted by atomic mass is 9.96. The first-order valence-electron chi connectivity index (χ1n) is 11.1. The molecule has 0 radical (unpaired) electrons. The van der Waals surface area contributed by atoms with Gasteiger partial charge in [0.1, 0.15) is 5.92 Å². The molecule has 1 heterocycles. The largest absolute Gasteiger partial charge is 0.355 e. The van der Waals surface area contributed by atoms with Gasteiger partial charge in [0.2, 0.25) is 11.8 Å². The van der Waals surface area contributed by atoms with Crippen molar-refractivity contribution in [2.24, 2.45) is 5.92 Å². The standard InChI is InChI=1S/C26H31ClN2O2/c1-3-4-10-21(24-17-22(27)12-11-19(24)2)13-15-28-25(30)23-14-16-29(26(23)31)18-20-8-6-5-7-9-20/h5-12,17,23H,3-4,13-16,18H2,1-2H3,(H,28,30)/b21-10-. The second-order valence-electron chi connectivity index (χ2n) is 8.10. The summed E-state index contributed by atoms with van der Waals surface area (Å²) >= 11 is 6.21. The fourth-order valence-electron chi connectivity index (χ4n) is 3.99. The van der Waals surface area contributed by atoms with E-state index >= 15 is 0 Å². The van der Waals surface area contributed by atoms with E-state index in [-0.39, 0.29) is 11.8 Å². The van der Waals surface area contributed by atoms with Crippen molar-refractivity contribution in [3.63, 3.8) is 0 Å². The Morgan fingerprint density at radius 2 is 2.00 bits per heavy atom. The average molecular weight is 439 g/mol. The van der Waals surface area contributed by atoms with Crippen molar-refractivity contribution in [3.05, 3.63) is 76.3 Å². The topological polar surface area (TPSA) is 49.4 Å². The average Bonchev–Trinajstić information content (AvgIpc) is 3.13. The van der Waals surface area contributed by atoms with Crippen molar-refractivity contribution in [1.29, 1.82) is 0 Å². The fraction of sp³-hybridized carbons (Fsp3) is 0.385. The molecule has 1 N–H and O–H groups in total. The van der Waals surface area contributed by atoms with Crippen LogP contribution < -0.4 is 5.32 Å². The quantitative estimate of drug-likeness (QED) is 0.534. The third kappa shape index (κ3) is 6.20. The monoisotopic (exact) mass is 438 g/mol. The molecule has 0 bridgehead atoms. The number of likely N-dealkylation sites (tertiary alicyclic amines) is 1. The van der Waals surface area contributed by atoms with E-state index in [9.17, 15) is 9.59 Å². The highest BCUT2D eigenvalue weighted by molar-refractivity contribution is 6.30. The van der Waals surface area contributed by atoms with Crippen LogP contribution in [0.15, 0.2) is 54.6 Å².